The van der Waals surface area contributed by atoms with Crippen LogP contribution in [-0.4, -0.2) is 5.33 Å². The lowest BCUT2D eigenvalue weighted by Crippen LogP contribution is -2.35. The molecule has 1 aliphatic carbocycles. The summed E-state index contributed by atoms with van der Waals surface area (Å²) in [7, 11) is 0. The van der Waals surface area contributed by atoms with Gasteiger partial charge in [-0.25, -0.2) is 0 Å². The Morgan fingerprint density at radius 3 is 2.16 bits per heavy atom. The Labute approximate surface area is 127 Å². The van der Waals surface area contributed by atoms with E-state index in [1.165, 1.54) is 37.7 Å². The van der Waals surface area contributed by atoms with E-state index in [-0.39, 0.29) is 0 Å². The molecule has 0 saturated heterocycles. The molecule has 0 heterocycles. The van der Waals surface area contributed by atoms with E-state index >= 15 is 0 Å². The lowest BCUT2D eigenvalue weighted by molar-refractivity contribution is 0.103. The second kappa shape index (κ2) is 5.99. The topological polar surface area (TPSA) is 0 Å². The van der Waals surface area contributed by atoms with Crippen LogP contribution in [0.2, 0.25) is 0 Å². The summed E-state index contributed by atoms with van der Waals surface area (Å²) in [6.45, 7) is 7.20. The highest BCUT2D eigenvalue weighted by Crippen LogP contribution is 2.47. The molecule has 106 valence electrons. The highest BCUT2D eigenvalue weighted by Gasteiger charge is 2.37. The van der Waals surface area contributed by atoms with Crippen molar-refractivity contribution in [2.75, 3.05) is 5.33 Å². The van der Waals surface area contributed by atoms with E-state index in [0.29, 0.717) is 10.8 Å². The van der Waals surface area contributed by atoms with Gasteiger partial charge >= 0.3 is 0 Å². The van der Waals surface area contributed by atoms with Crippen molar-refractivity contribution in [3.05, 3.63) is 35.9 Å². The van der Waals surface area contributed by atoms with Gasteiger partial charge in [-0.05, 0) is 54.4 Å². The average molecular weight is 323 g/mol. The van der Waals surface area contributed by atoms with Crippen LogP contribution in [0.25, 0.3) is 0 Å². The first-order chi connectivity index (χ1) is 8.95. The summed E-state index contributed by atoms with van der Waals surface area (Å²) in [4.78, 5) is 0. The molecule has 0 spiro atoms. The lowest BCUT2D eigenvalue weighted by atomic mass is 9.63. The number of hydrogen-bond acceptors (Lipinski definition) is 0. The van der Waals surface area contributed by atoms with Crippen molar-refractivity contribution in [1.29, 1.82) is 0 Å². The number of rotatable bonds is 3. The molecule has 0 N–H and O–H groups in total. The molecule has 19 heavy (non-hydrogen) atoms. The minimum atomic E-state index is 0.477. The summed E-state index contributed by atoms with van der Waals surface area (Å²) in [6.07, 6.45) is 6.75. The maximum Gasteiger partial charge on any atom is 0.00911 e. The van der Waals surface area contributed by atoms with Crippen LogP contribution in [0.4, 0.5) is 0 Å². The second-order valence-corrected chi connectivity index (χ2v) is 8.00. The molecule has 0 bridgehead atoms. The van der Waals surface area contributed by atoms with Crippen molar-refractivity contribution in [2.45, 2.75) is 52.9 Å². The van der Waals surface area contributed by atoms with Gasteiger partial charge < -0.3 is 0 Å². The third-order valence-electron chi connectivity index (χ3n) is 4.98. The highest BCUT2D eigenvalue weighted by atomic mass is 79.9. The first kappa shape index (κ1) is 15.1. The minimum absolute atomic E-state index is 0.477. The first-order valence-electron chi connectivity index (χ1n) is 7.55. The smallest absolute Gasteiger partial charge is 0.00911 e. The average Bonchev–Trinajstić information content (AvgIpc) is 2.39. The molecule has 1 aromatic rings. The Balaban J connectivity index is 2.02. The largest absolute Gasteiger partial charge is 0.0922 e. The Hall–Kier alpha value is -0.300. The van der Waals surface area contributed by atoms with Crippen molar-refractivity contribution in [1.82, 2.24) is 0 Å². The Bertz CT molecular complexity index is 380. The molecule has 1 aromatic carbocycles. The van der Waals surface area contributed by atoms with Crippen LogP contribution in [0.3, 0.4) is 0 Å². The van der Waals surface area contributed by atoms with Gasteiger partial charge in [0, 0.05) is 5.33 Å². The van der Waals surface area contributed by atoms with Gasteiger partial charge in [0.25, 0.3) is 0 Å². The standard InChI is InChI=1S/C18H27Br/c1-17(2,3)16-9-11-18(14-19,12-10-16)13-15-7-5-4-6-8-15/h4-8,16H,9-14H2,1-3H3. The molecule has 0 nitrogen and oxygen atoms in total. The summed E-state index contributed by atoms with van der Waals surface area (Å²) in [5, 5.41) is 1.14. The van der Waals surface area contributed by atoms with E-state index in [0.717, 1.165) is 11.2 Å². The van der Waals surface area contributed by atoms with Crippen molar-refractivity contribution in [3.8, 4) is 0 Å². The monoisotopic (exact) mass is 322 g/mol. The summed E-state index contributed by atoms with van der Waals surface area (Å²) >= 11 is 3.80. The molecular formula is C18H27Br. The summed E-state index contributed by atoms with van der Waals surface area (Å²) in [5.41, 5.74) is 2.46. The molecule has 0 aromatic heterocycles. The SMILES string of the molecule is CC(C)(C)C1CCC(CBr)(Cc2ccccc2)CC1. The van der Waals surface area contributed by atoms with E-state index < -0.39 is 0 Å². The molecule has 0 atom stereocenters. The van der Waals surface area contributed by atoms with E-state index in [9.17, 15) is 0 Å². The third kappa shape index (κ3) is 3.84. The molecule has 0 unspecified atom stereocenters. The molecule has 0 radical (unpaired) electrons. The summed E-state index contributed by atoms with van der Waals surface area (Å²) < 4.78 is 0. The van der Waals surface area contributed by atoms with Crippen molar-refractivity contribution in [3.63, 3.8) is 0 Å². The van der Waals surface area contributed by atoms with Crippen LogP contribution in [0.5, 0.6) is 0 Å². The Kier molecular flexibility index (Phi) is 4.76. The van der Waals surface area contributed by atoms with Crippen LogP contribution in [0, 0.1) is 16.7 Å². The van der Waals surface area contributed by atoms with Gasteiger partial charge in [-0.1, -0.05) is 67.0 Å². The zero-order valence-corrected chi connectivity index (χ0v) is 14.2. The van der Waals surface area contributed by atoms with Crippen LogP contribution >= 0.6 is 15.9 Å². The molecule has 1 fully saturated rings. The van der Waals surface area contributed by atoms with Gasteiger partial charge in [0.15, 0.2) is 0 Å². The normalized spacial score (nSPS) is 28.3. The number of benzene rings is 1. The molecule has 1 saturated carbocycles. The predicted octanol–water partition coefficient (Wildman–Crippen LogP) is 5.85. The maximum absolute atomic E-state index is 3.80. The fourth-order valence-electron chi connectivity index (χ4n) is 3.48. The minimum Gasteiger partial charge on any atom is -0.0922 e. The second-order valence-electron chi connectivity index (χ2n) is 7.44. The van der Waals surface area contributed by atoms with E-state index in [4.69, 9.17) is 0 Å². The molecule has 0 amide bonds. The predicted molar refractivity (Wildman–Crippen MR) is 87.8 cm³/mol. The van der Waals surface area contributed by atoms with Gasteiger partial charge in [-0.3, -0.25) is 0 Å². The highest BCUT2D eigenvalue weighted by molar-refractivity contribution is 9.09. The fraction of sp³-hybridized carbons (Fsp3) is 0.667. The van der Waals surface area contributed by atoms with Crippen molar-refractivity contribution >= 4 is 15.9 Å². The molecule has 2 rings (SSSR count). The summed E-state index contributed by atoms with van der Waals surface area (Å²) in [5.74, 6) is 0.899. The maximum atomic E-state index is 3.80. The van der Waals surface area contributed by atoms with E-state index in [1.807, 2.05) is 0 Å². The first-order valence-corrected chi connectivity index (χ1v) is 8.67. The third-order valence-corrected chi connectivity index (χ3v) is 6.17. The van der Waals surface area contributed by atoms with Crippen LogP contribution in [0.15, 0.2) is 30.3 Å². The van der Waals surface area contributed by atoms with Crippen molar-refractivity contribution in [2.24, 2.45) is 16.7 Å². The van der Waals surface area contributed by atoms with E-state index in [1.54, 1.807) is 0 Å². The van der Waals surface area contributed by atoms with Gasteiger partial charge in [-0.2, -0.15) is 0 Å². The zero-order chi connectivity index (χ0) is 13.9. The van der Waals surface area contributed by atoms with Gasteiger partial charge in [-0.15, -0.1) is 0 Å². The van der Waals surface area contributed by atoms with Gasteiger partial charge in [0.05, 0.1) is 0 Å². The number of alkyl halides is 1. The zero-order valence-electron chi connectivity index (χ0n) is 12.6. The quantitative estimate of drug-likeness (QED) is 0.612. The Morgan fingerprint density at radius 2 is 1.68 bits per heavy atom. The van der Waals surface area contributed by atoms with Crippen LogP contribution in [0.1, 0.15) is 52.0 Å². The lowest BCUT2D eigenvalue weighted by Gasteiger charge is -2.43. The molecule has 1 heteroatoms. The van der Waals surface area contributed by atoms with Crippen LogP contribution < -0.4 is 0 Å². The van der Waals surface area contributed by atoms with Gasteiger partial charge in [0.2, 0.25) is 0 Å². The molecular weight excluding hydrogens is 296 g/mol. The van der Waals surface area contributed by atoms with Crippen LogP contribution in [-0.2, 0) is 6.42 Å². The van der Waals surface area contributed by atoms with Gasteiger partial charge in [0.1, 0.15) is 0 Å². The molecule has 0 aliphatic heterocycles. The number of hydrogen-bond donors (Lipinski definition) is 0. The number of halogens is 1. The summed E-state index contributed by atoms with van der Waals surface area (Å²) in [6, 6.07) is 11.0. The van der Waals surface area contributed by atoms with E-state index in [2.05, 4.69) is 67.0 Å². The Morgan fingerprint density at radius 1 is 1.11 bits per heavy atom. The fourth-order valence-corrected chi connectivity index (χ4v) is 4.24. The molecule has 1 aliphatic rings. The van der Waals surface area contributed by atoms with Crippen molar-refractivity contribution < 1.29 is 0 Å².